The summed E-state index contributed by atoms with van der Waals surface area (Å²) in [5, 5.41) is 14.9. The quantitative estimate of drug-likeness (QED) is 0.634. The molecule has 0 aromatic heterocycles. The predicted octanol–water partition coefficient (Wildman–Crippen LogP) is 0.446. The lowest BCUT2D eigenvalue weighted by Crippen LogP contribution is -2.51. The molecular formula is C14H24N2O5. The van der Waals surface area contributed by atoms with Crippen LogP contribution in [0.25, 0.3) is 0 Å². The van der Waals surface area contributed by atoms with Crippen LogP contribution in [0, 0.1) is 17.8 Å². The molecule has 0 spiro atoms. The zero-order valence-corrected chi connectivity index (χ0v) is 12.5. The second-order valence-corrected chi connectivity index (χ2v) is 5.89. The summed E-state index contributed by atoms with van der Waals surface area (Å²) in [7, 11) is 3.12. The maximum atomic E-state index is 12.0. The largest absolute Gasteiger partial charge is 0.481 e. The Morgan fingerprint density at radius 3 is 2.62 bits per heavy atom. The first-order chi connectivity index (χ1) is 10.1. The first-order valence-corrected chi connectivity index (χ1v) is 7.35. The summed E-state index contributed by atoms with van der Waals surface area (Å²) >= 11 is 0. The van der Waals surface area contributed by atoms with Gasteiger partial charge in [-0.3, -0.25) is 4.79 Å². The van der Waals surface area contributed by atoms with Gasteiger partial charge in [-0.1, -0.05) is 0 Å². The molecule has 0 saturated heterocycles. The monoisotopic (exact) mass is 300 g/mol. The number of ether oxygens (including phenoxy) is 2. The lowest BCUT2D eigenvalue weighted by atomic mass is 9.84. The number of carboxylic acid groups (broad SMARTS) is 1. The van der Waals surface area contributed by atoms with Crippen LogP contribution in [0.15, 0.2) is 0 Å². The van der Waals surface area contributed by atoms with Gasteiger partial charge in [0.1, 0.15) is 0 Å². The number of carbonyl (C=O) groups excluding carboxylic acids is 1. The average molecular weight is 300 g/mol. The number of aliphatic carboxylic acids is 1. The number of urea groups is 1. The van der Waals surface area contributed by atoms with Crippen molar-refractivity contribution in [3.05, 3.63) is 0 Å². The molecule has 21 heavy (non-hydrogen) atoms. The van der Waals surface area contributed by atoms with Crippen LogP contribution in [-0.2, 0) is 14.3 Å². The van der Waals surface area contributed by atoms with Crippen molar-refractivity contribution in [3.8, 4) is 0 Å². The second kappa shape index (κ2) is 7.09. The van der Waals surface area contributed by atoms with E-state index in [4.69, 9.17) is 9.47 Å². The van der Waals surface area contributed by atoms with E-state index in [1.54, 1.807) is 14.2 Å². The lowest BCUT2D eigenvalue weighted by Gasteiger charge is -2.29. The zero-order valence-electron chi connectivity index (χ0n) is 12.5. The molecule has 120 valence electrons. The molecule has 0 aromatic rings. The smallest absolute Gasteiger partial charge is 0.315 e. The van der Waals surface area contributed by atoms with Gasteiger partial charge in [0.25, 0.3) is 0 Å². The van der Waals surface area contributed by atoms with Gasteiger partial charge < -0.3 is 25.2 Å². The molecule has 2 amide bonds. The summed E-state index contributed by atoms with van der Waals surface area (Å²) < 4.78 is 10.1. The molecular weight excluding hydrogens is 276 g/mol. The molecule has 2 fully saturated rings. The Balaban J connectivity index is 1.83. The van der Waals surface area contributed by atoms with E-state index in [1.165, 1.54) is 0 Å². The number of rotatable bonds is 7. The van der Waals surface area contributed by atoms with Crippen LogP contribution >= 0.6 is 0 Å². The fraction of sp³-hybridized carbons (Fsp3) is 0.857. The summed E-state index contributed by atoms with van der Waals surface area (Å²) in [4.78, 5) is 23.3. The van der Waals surface area contributed by atoms with Gasteiger partial charge in [-0.2, -0.15) is 0 Å². The number of hydrogen-bond donors (Lipinski definition) is 3. The van der Waals surface area contributed by atoms with Crippen molar-refractivity contribution in [2.24, 2.45) is 17.8 Å². The van der Waals surface area contributed by atoms with Gasteiger partial charge in [0.05, 0.1) is 18.6 Å². The first-order valence-electron chi connectivity index (χ1n) is 7.35. The number of hydrogen-bond acceptors (Lipinski definition) is 4. The van der Waals surface area contributed by atoms with E-state index in [1.807, 2.05) is 0 Å². The zero-order chi connectivity index (χ0) is 15.4. The number of amides is 2. The van der Waals surface area contributed by atoms with E-state index in [2.05, 4.69) is 10.6 Å². The molecule has 2 aliphatic rings. The maximum absolute atomic E-state index is 12.0. The van der Waals surface area contributed by atoms with Gasteiger partial charge in [-0.15, -0.1) is 0 Å². The standard InChI is InChI=1S/C14H24N2O5/c1-20-7-10(21-2)6-15-14(19)16-12-9-4-3-8(5-9)11(12)13(17)18/h8-12H,3-7H2,1-2H3,(H,17,18)(H2,15,16,19). The molecule has 7 heteroatoms. The topological polar surface area (TPSA) is 96.9 Å². The van der Waals surface area contributed by atoms with Crippen LogP contribution in [0.3, 0.4) is 0 Å². The Morgan fingerprint density at radius 2 is 2.00 bits per heavy atom. The summed E-state index contributed by atoms with van der Waals surface area (Å²) in [6, 6.07) is -0.596. The average Bonchev–Trinajstić information content (AvgIpc) is 3.04. The van der Waals surface area contributed by atoms with Crippen molar-refractivity contribution >= 4 is 12.0 Å². The maximum Gasteiger partial charge on any atom is 0.315 e. The molecule has 5 unspecified atom stereocenters. The summed E-state index contributed by atoms with van der Waals surface area (Å²) in [6.45, 7) is 0.720. The van der Waals surface area contributed by atoms with Crippen molar-refractivity contribution in [1.82, 2.24) is 10.6 Å². The number of methoxy groups -OCH3 is 2. The second-order valence-electron chi connectivity index (χ2n) is 5.89. The predicted molar refractivity (Wildman–Crippen MR) is 75.0 cm³/mol. The minimum Gasteiger partial charge on any atom is -0.481 e. The Hall–Kier alpha value is -1.34. The Labute approximate surface area is 124 Å². The number of fused-ring (bicyclic) bond motifs is 2. The third kappa shape index (κ3) is 3.65. The Kier molecular flexibility index (Phi) is 5.41. The molecule has 0 aliphatic heterocycles. The highest BCUT2D eigenvalue weighted by atomic mass is 16.5. The van der Waals surface area contributed by atoms with Crippen LogP contribution in [0.2, 0.25) is 0 Å². The van der Waals surface area contributed by atoms with E-state index in [0.29, 0.717) is 19.1 Å². The van der Waals surface area contributed by atoms with Gasteiger partial charge in [-0.05, 0) is 31.1 Å². The lowest BCUT2D eigenvalue weighted by molar-refractivity contribution is -0.144. The van der Waals surface area contributed by atoms with Crippen LogP contribution in [0.1, 0.15) is 19.3 Å². The number of nitrogens with one attached hydrogen (secondary N) is 2. The molecule has 2 rings (SSSR count). The van der Waals surface area contributed by atoms with Crippen molar-refractivity contribution in [2.45, 2.75) is 31.4 Å². The summed E-state index contributed by atoms with van der Waals surface area (Å²) in [5.41, 5.74) is 0. The van der Waals surface area contributed by atoms with E-state index in [9.17, 15) is 14.7 Å². The van der Waals surface area contributed by atoms with Gasteiger partial charge in [0, 0.05) is 26.8 Å². The summed E-state index contributed by atoms with van der Waals surface area (Å²) in [6.07, 6.45) is 2.66. The van der Waals surface area contributed by atoms with Gasteiger partial charge >= 0.3 is 12.0 Å². The molecule has 0 aromatic carbocycles. The molecule has 7 nitrogen and oxygen atoms in total. The molecule has 0 heterocycles. The van der Waals surface area contributed by atoms with Crippen molar-refractivity contribution in [1.29, 1.82) is 0 Å². The highest BCUT2D eigenvalue weighted by Crippen LogP contribution is 2.48. The van der Waals surface area contributed by atoms with E-state index < -0.39 is 11.9 Å². The first kappa shape index (κ1) is 16.0. The third-order valence-electron chi connectivity index (χ3n) is 4.68. The molecule has 2 saturated carbocycles. The highest BCUT2D eigenvalue weighted by Gasteiger charge is 2.51. The van der Waals surface area contributed by atoms with Crippen LogP contribution in [-0.4, -0.2) is 56.6 Å². The SMILES string of the molecule is COCC(CNC(=O)NC1C2CCC(C2)C1C(=O)O)OC. The van der Waals surface area contributed by atoms with E-state index in [0.717, 1.165) is 19.3 Å². The van der Waals surface area contributed by atoms with Crippen molar-refractivity contribution < 1.29 is 24.2 Å². The minimum atomic E-state index is -0.804. The van der Waals surface area contributed by atoms with Crippen LogP contribution in [0.4, 0.5) is 4.79 Å². The van der Waals surface area contributed by atoms with Crippen molar-refractivity contribution in [2.75, 3.05) is 27.4 Å². The molecule has 2 aliphatic carbocycles. The molecule has 3 N–H and O–H groups in total. The van der Waals surface area contributed by atoms with Gasteiger partial charge in [-0.25, -0.2) is 4.79 Å². The van der Waals surface area contributed by atoms with Gasteiger partial charge in [0.15, 0.2) is 0 Å². The molecule has 0 radical (unpaired) electrons. The summed E-state index contributed by atoms with van der Waals surface area (Å²) in [5.74, 6) is -0.759. The van der Waals surface area contributed by atoms with E-state index in [-0.39, 0.29) is 24.1 Å². The normalized spacial score (nSPS) is 31.9. The number of carbonyl (C=O) groups is 2. The molecule has 2 bridgehead atoms. The fourth-order valence-electron chi connectivity index (χ4n) is 3.66. The Bertz CT molecular complexity index is 390. The van der Waals surface area contributed by atoms with Crippen LogP contribution in [0.5, 0.6) is 0 Å². The minimum absolute atomic E-state index is 0.206. The van der Waals surface area contributed by atoms with Gasteiger partial charge in [0.2, 0.25) is 0 Å². The highest BCUT2D eigenvalue weighted by molar-refractivity contribution is 5.77. The van der Waals surface area contributed by atoms with E-state index >= 15 is 0 Å². The van der Waals surface area contributed by atoms with Crippen LogP contribution < -0.4 is 10.6 Å². The third-order valence-corrected chi connectivity index (χ3v) is 4.68. The molecule has 5 atom stereocenters. The Morgan fingerprint density at radius 1 is 1.29 bits per heavy atom. The number of carboxylic acids is 1. The van der Waals surface area contributed by atoms with Crippen molar-refractivity contribution in [3.63, 3.8) is 0 Å². The fourth-order valence-corrected chi connectivity index (χ4v) is 3.66.